The summed E-state index contributed by atoms with van der Waals surface area (Å²) in [4.78, 5) is 44.3. The number of rotatable bonds is 11. The number of amides is 3. The summed E-state index contributed by atoms with van der Waals surface area (Å²) in [5, 5.41) is 2.78. The standard InChI is InChI=1S/C38H34F3N3O4/c39-38(40,41)30-18-10-15-28(23-30)24-42-35(45)32(22-20-27-13-6-2-7-14-27)43-31(21-19-26-11-4-1-5-12-26)34(36(43)46)44-33(25-48-37(44)47)29-16-8-3-9-17-29/h1-19,21,23,31-34H,20,22,24-25H2,(H,42,45)/b21-19+/t31-,32?,33-,34+/m1/s1. The fourth-order valence-corrected chi connectivity index (χ4v) is 6.31. The molecular formula is C38H34F3N3O4. The average Bonchev–Trinajstić information content (AvgIpc) is 3.48. The molecule has 0 saturated carbocycles. The van der Waals surface area contributed by atoms with Crippen molar-refractivity contribution in [2.45, 2.75) is 49.7 Å². The largest absolute Gasteiger partial charge is 0.447 e. The third-order valence-corrected chi connectivity index (χ3v) is 8.74. The number of halogens is 3. The average molecular weight is 654 g/mol. The van der Waals surface area contributed by atoms with Crippen molar-refractivity contribution in [1.82, 2.24) is 15.1 Å². The summed E-state index contributed by atoms with van der Waals surface area (Å²) in [5.74, 6) is -0.915. The fourth-order valence-electron chi connectivity index (χ4n) is 6.31. The number of alkyl halides is 3. The van der Waals surface area contributed by atoms with Gasteiger partial charge in [0.1, 0.15) is 18.7 Å². The van der Waals surface area contributed by atoms with Gasteiger partial charge < -0.3 is 15.0 Å². The van der Waals surface area contributed by atoms with Gasteiger partial charge in [0.25, 0.3) is 0 Å². The van der Waals surface area contributed by atoms with Gasteiger partial charge in [-0.2, -0.15) is 13.2 Å². The topological polar surface area (TPSA) is 79.0 Å². The number of aryl methyl sites for hydroxylation is 1. The van der Waals surface area contributed by atoms with Crippen LogP contribution in [0.4, 0.5) is 18.0 Å². The van der Waals surface area contributed by atoms with E-state index in [0.29, 0.717) is 6.42 Å². The van der Waals surface area contributed by atoms with E-state index in [9.17, 15) is 27.6 Å². The highest BCUT2D eigenvalue weighted by Crippen LogP contribution is 2.39. The molecule has 0 radical (unpaired) electrons. The van der Waals surface area contributed by atoms with Gasteiger partial charge in [-0.25, -0.2) is 4.79 Å². The lowest BCUT2D eigenvalue weighted by Crippen LogP contribution is -2.74. The summed E-state index contributed by atoms with van der Waals surface area (Å²) < 4.78 is 45.5. The van der Waals surface area contributed by atoms with Gasteiger partial charge in [0.05, 0.1) is 17.6 Å². The van der Waals surface area contributed by atoms with E-state index in [0.717, 1.165) is 28.8 Å². The highest BCUT2D eigenvalue weighted by Gasteiger charge is 2.57. The minimum Gasteiger partial charge on any atom is -0.447 e. The number of β-lactam (4-membered cyclic amide) rings is 1. The van der Waals surface area contributed by atoms with E-state index in [1.807, 2.05) is 103 Å². The Morgan fingerprint density at radius 3 is 2.21 bits per heavy atom. The zero-order chi connectivity index (χ0) is 33.7. The summed E-state index contributed by atoms with van der Waals surface area (Å²) in [6.07, 6.45) is -0.752. The van der Waals surface area contributed by atoms with Gasteiger partial charge in [-0.05, 0) is 47.2 Å². The minimum atomic E-state index is -4.52. The Hall–Kier alpha value is -5.38. The van der Waals surface area contributed by atoms with Crippen molar-refractivity contribution < 1.29 is 32.3 Å². The molecule has 4 aromatic rings. The highest BCUT2D eigenvalue weighted by atomic mass is 19.4. The van der Waals surface area contributed by atoms with Crippen molar-refractivity contribution in [1.29, 1.82) is 0 Å². The number of likely N-dealkylation sites (tertiary alicyclic amines) is 1. The van der Waals surface area contributed by atoms with Crippen LogP contribution in [0.3, 0.4) is 0 Å². The number of carbonyl (C=O) groups is 3. The Labute approximate surface area is 276 Å². The molecule has 4 aromatic carbocycles. The van der Waals surface area contributed by atoms with E-state index >= 15 is 0 Å². The van der Waals surface area contributed by atoms with Crippen LogP contribution >= 0.6 is 0 Å². The quantitative estimate of drug-likeness (QED) is 0.181. The Morgan fingerprint density at radius 2 is 1.52 bits per heavy atom. The van der Waals surface area contributed by atoms with Gasteiger partial charge in [-0.15, -0.1) is 0 Å². The lowest BCUT2D eigenvalue weighted by atomic mass is 9.87. The molecule has 1 N–H and O–H groups in total. The molecule has 48 heavy (non-hydrogen) atoms. The monoisotopic (exact) mass is 653 g/mol. The molecule has 7 nitrogen and oxygen atoms in total. The first-order valence-electron chi connectivity index (χ1n) is 15.7. The molecule has 246 valence electrons. The van der Waals surface area contributed by atoms with E-state index in [1.54, 1.807) is 0 Å². The number of ether oxygens (including phenoxy) is 1. The summed E-state index contributed by atoms with van der Waals surface area (Å²) in [6, 6.07) is 30.0. The van der Waals surface area contributed by atoms with Gasteiger partial charge in [0, 0.05) is 6.54 Å². The van der Waals surface area contributed by atoms with Crippen molar-refractivity contribution in [3.8, 4) is 0 Å². The first kappa shape index (κ1) is 32.6. The van der Waals surface area contributed by atoms with Crippen molar-refractivity contribution >= 4 is 24.0 Å². The molecule has 10 heteroatoms. The molecule has 2 saturated heterocycles. The van der Waals surface area contributed by atoms with Crippen molar-refractivity contribution in [3.63, 3.8) is 0 Å². The second-order valence-corrected chi connectivity index (χ2v) is 11.8. The lowest BCUT2D eigenvalue weighted by molar-refractivity contribution is -0.163. The Bertz CT molecular complexity index is 1770. The SMILES string of the molecule is O=C(NCc1cccc(C(F)(F)F)c1)C(CCc1ccccc1)N1C(=O)[C@@H](N2C(=O)OC[C@@H]2c2ccccc2)[C@H]1/C=C/c1ccccc1. The molecule has 2 aliphatic heterocycles. The van der Waals surface area contributed by atoms with Crippen molar-refractivity contribution in [3.05, 3.63) is 149 Å². The molecule has 3 amide bonds. The summed E-state index contributed by atoms with van der Waals surface area (Å²) in [7, 11) is 0. The second kappa shape index (κ2) is 14.2. The third-order valence-electron chi connectivity index (χ3n) is 8.74. The van der Waals surface area contributed by atoms with E-state index in [-0.39, 0.29) is 25.1 Å². The molecule has 0 bridgehead atoms. The summed E-state index contributed by atoms with van der Waals surface area (Å²) in [5.41, 5.74) is 2.11. The third kappa shape index (κ3) is 7.12. The van der Waals surface area contributed by atoms with Gasteiger partial charge in [-0.3, -0.25) is 14.5 Å². The molecule has 2 aliphatic rings. The number of nitrogens with zero attached hydrogens (tertiary/aromatic N) is 2. The maximum absolute atomic E-state index is 14.2. The van der Waals surface area contributed by atoms with Crippen LogP contribution in [0.25, 0.3) is 6.08 Å². The Kier molecular flexibility index (Phi) is 9.61. The highest BCUT2D eigenvalue weighted by molar-refractivity contribution is 5.98. The van der Waals surface area contributed by atoms with Crippen LogP contribution in [-0.2, 0) is 33.5 Å². The van der Waals surface area contributed by atoms with Crippen LogP contribution in [0.2, 0.25) is 0 Å². The molecule has 0 spiro atoms. The van der Waals surface area contributed by atoms with Gasteiger partial charge in [0.15, 0.2) is 0 Å². The predicted molar refractivity (Wildman–Crippen MR) is 174 cm³/mol. The molecular weight excluding hydrogens is 619 g/mol. The minimum absolute atomic E-state index is 0.0800. The number of cyclic esters (lactones) is 1. The number of hydrogen-bond donors (Lipinski definition) is 1. The van der Waals surface area contributed by atoms with E-state index in [4.69, 9.17) is 4.74 Å². The number of carbonyl (C=O) groups excluding carboxylic acids is 3. The van der Waals surface area contributed by atoms with E-state index < -0.39 is 53.8 Å². The number of benzene rings is 4. The first-order valence-corrected chi connectivity index (χ1v) is 15.7. The smallest absolute Gasteiger partial charge is 0.416 e. The predicted octanol–water partition coefficient (Wildman–Crippen LogP) is 6.81. The van der Waals surface area contributed by atoms with Gasteiger partial charge in [-0.1, -0.05) is 115 Å². The molecule has 2 heterocycles. The van der Waals surface area contributed by atoms with Crippen LogP contribution in [0.15, 0.2) is 121 Å². The maximum atomic E-state index is 14.2. The van der Waals surface area contributed by atoms with Crippen molar-refractivity contribution in [2.75, 3.05) is 6.61 Å². The lowest BCUT2D eigenvalue weighted by Gasteiger charge is -2.52. The number of nitrogens with one attached hydrogen (secondary N) is 1. The van der Waals surface area contributed by atoms with Crippen LogP contribution in [-0.4, -0.2) is 52.4 Å². The zero-order valence-electron chi connectivity index (χ0n) is 25.9. The molecule has 0 aliphatic carbocycles. The first-order chi connectivity index (χ1) is 23.2. The molecule has 6 rings (SSSR count). The molecule has 1 unspecified atom stereocenters. The summed E-state index contributed by atoms with van der Waals surface area (Å²) >= 11 is 0. The van der Waals surface area contributed by atoms with Crippen LogP contribution in [0.1, 0.15) is 40.3 Å². The van der Waals surface area contributed by atoms with Crippen LogP contribution in [0.5, 0.6) is 0 Å². The number of hydrogen-bond acceptors (Lipinski definition) is 4. The summed E-state index contributed by atoms with van der Waals surface area (Å²) in [6.45, 7) is -0.0776. The van der Waals surface area contributed by atoms with Crippen molar-refractivity contribution in [2.24, 2.45) is 0 Å². The fraction of sp³-hybridized carbons (Fsp3) is 0.237. The van der Waals surface area contributed by atoms with E-state index in [1.165, 1.54) is 21.9 Å². The Balaban J connectivity index is 1.31. The zero-order valence-corrected chi connectivity index (χ0v) is 25.9. The Morgan fingerprint density at radius 1 is 0.875 bits per heavy atom. The van der Waals surface area contributed by atoms with Crippen LogP contribution < -0.4 is 5.32 Å². The molecule has 2 fully saturated rings. The molecule has 0 aromatic heterocycles. The maximum Gasteiger partial charge on any atom is 0.416 e. The molecule has 4 atom stereocenters. The van der Waals surface area contributed by atoms with E-state index in [2.05, 4.69) is 5.32 Å². The van der Waals surface area contributed by atoms with Gasteiger partial charge in [0.2, 0.25) is 11.8 Å². The second-order valence-electron chi connectivity index (χ2n) is 11.8. The van der Waals surface area contributed by atoms with Gasteiger partial charge >= 0.3 is 12.3 Å². The van der Waals surface area contributed by atoms with Crippen LogP contribution in [0, 0.1) is 0 Å². The normalized spacial score (nSPS) is 20.0.